The summed E-state index contributed by atoms with van der Waals surface area (Å²) in [5.74, 6) is 0.607. The summed E-state index contributed by atoms with van der Waals surface area (Å²) in [5, 5.41) is 2.81. The average molecular weight is 445 g/mol. The van der Waals surface area contributed by atoms with Gasteiger partial charge in [0.1, 0.15) is 13.2 Å². The Labute approximate surface area is 184 Å². The Bertz CT molecular complexity index is 1240. The lowest BCUT2D eigenvalue weighted by Gasteiger charge is -2.17. The van der Waals surface area contributed by atoms with E-state index in [2.05, 4.69) is 10.3 Å². The maximum Gasteiger partial charge on any atom is 0.332 e. The van der Waals surface area contributed by atoms with Crippen LogP contribution in [0.2, 0.25) is 0 Å². The molecule has 3 rings (SSSR count). The third-order valence-electron chi connectivity index (χ3n) is 5.11. The van der Waals surface area contributed by atoms with Crippen molar-refractivity contribution in [3.63, 3.8) is 0 Å². The Morgan fingerprint density at radius 3 is 2.59 bits per heavy atom. The van der Waals surface area contributed by atoms with Gasteiger partial charge in [-0.3, -0.25) is 14.2 Å². The Kier molecular flexibility index (Phi) is 6.98. The molecule has 3 aromatic rings. The number of nitrogens with zero attached hydrogens (tertiary/aromatic N) is 4. The standard InChI is InChI=1S/C21H27N5O6/c1-13(14-6-7-15(16(10-14)31-5)32-9-8-30-4)23-17(27)11-26-20(28)18-19(22-12-24(18)2)25(3)21(26)29/h6-7,10,12-13H,8-9,11H2,1-5H3,(H,23,27). The Morgan fingerprint density at radius 2 is 1.91 bits per heavy atom. The van der Waals surface area contributed by atoms with Gasteiger partial charge in [0, 0.05) is 21.2 Å². The van der Waals surface area contributed by atoms with Crippen LogP contribution in [0.15, 0.2) is 34.1 Å². The molecule has 32 heavy (non-hydrogen) atoms. The number of fused-ring (bicyclic) bond motifs is 1. The fourth-order valence-electron chi connectivity index (χ4n) is 3.36. The van der Waals surface area contributed by atoms with Crippen LogP contribution < -0.4 is 26.0 Å². The van der Waals surface area contributed by atoms with E-state index in [0.717, 1.165) is 10.1 Å². The lowest BCUT2D eigenvalue weighted by Crippen LogP contribution is -2.43. The van der Waals surface area contributed by atoms with Crippen molar-refractivity contribution in [2.24, 2.45) is 14.1 Å². The number of aryl methyl sites for hydroxylation is 2. The lowest BCUT2D eigenvalue weighted by atomic mass is 10.1. The highest BCUT2D eigenvalue weighted by molar-refractivity contribution is 5.77. The van der Waals surface area contributed by atoms with Crippen molar-refractivity contribution in [1.82, 2.24) is 24.0 Å². The second-order valence-corrected chi connectivity index (χ2v) is 7.30. The number of ether oxygens (including phenoxy) is 3. The van der Waals surface area contributed by atoms with Gasteiger partial charge < -0.3 is 24.1 Å². The molecule has 0 spiro atoms. The van der Waals surface area contributed by atoms with E-state index in [1.165, 1.54) is 29.6 Å². The molecule has 1 aromatic carbocycles. The maximum atomic E-state index is 12.8. The third kappa shape index (κ3) is 4.52. The quantitative estimate of drug-likeness (QED) is 0.472. The fraction of sp³-hybridized carbons (Fsp3) is 0.429. The molecule has 0 fully saturated rings. The van der Waals surface area contributed by atoms with Gasteiger partial charge in [-0.25, -0.2) is 14.3 Å². The molecule has 2 heterocycles. The van der Waals surface area contributed by atoms with Gasteiger partial charge in [0.05, 0.1) is 26.1 Å². The summed E-state index contributed by atoms with van der Waals surface area (Å²) < 4.78 is 19.7. The number of hydrogen-bond acceptors (Lipinski definition) is 7. The predicted molar refractivity (Wildman–Crippen MR) is 117 cm³/mol. The Balaban J connectivity index is 1.78. The molecule has 1 atom stereocenters. The van der Waals surface area contributed by atoms with Gasteiger partial charge in [-0.05, 0) is 24.6 Å². The number of nitrogens with one attached hydrogen (secondary N) is 1. The number of rotatable bonds is 9. The van der Waals surface area contributed by atoms with Gasteiger partial charge in [0.25, 0.3) is 5.56 Å². The monoisotopic (exact) mass is 445 g/mol. The molecular formula is C21H27N5O6. The second-order valence-electron chi connectivity index (χ2n) is 7.30. The van der Waals surface area contributed by atoms with E-state index in [1.807, 2.05) is 6.07 Å². The Hall–Kier alpha value is -3.60. The zero-order chi connectivity index (χ0) is 23.4. The first-order valence-electron chi connectivity index (χ1n) is 9.98. The molecule has 0 bridgehead atoms. The van der Waals surface area contributed by atoms with Gasteiger partial charge >= 0.3 is 5.69 Å². The first-order chi connectivity index (χ1) is 15.3. The molecule has 1 amide bonds. The minimum atomic E-state index is -0.608. The highest BCUT2D eigenvalue weighted by Crippen LogP contribution is 2.30. The third-order valence-corrected chi connectivity index (χ3v) is 5.11. The van der Waals surface area contributed by atoms with Crippen molar-refractivity contribution in [3.8, 4) is 11.5 Å². The first-order valence-corrected chi connectivity index (χ1v) is 9.98. The summed E-state index contributed by atoms with van der Waals surface area (Å²) in [6.07, 6.45) is 1.45. The van der Waals surface area contributed by atoms with Crippen LogP contribution in [-0.4, -0.2) is 52.0 Å². The van der Waals surface area contributed by atoms with Gasteiger partial charge in [-0.2, -0.15) is 0 Å². The molecule has 0 aliphatic rings. The van der Waals surface area contributed by atoms with Crippen molar-refractivity contribution >= 4 is 17.1 Å². The van der Waals surface area contributed by atoms with Gasteiger partial charge in [0.15, 0.2) is 22.7 Å². The van der Waals surface area contributed by atoms with Crippen LogP contribution in [0.5, 0.6) is 11.5 Å². The number of amides is 1. The smallest absolute Gasteiger partial charge is 0.332 e. The zero-order valence-corrected chi connectivity index (χ0v) is 18.7. The SMILES string of the molecule is COCCOc1ccc(C(C)NC(=O)Cn2c(=O)c3c(ncn3C)n(C)c2=O)cc1OC. The predicted octanol–water partition coefficient (Wildman–Crippen LogP) is 0.345. The van der Waals surface area contributed by atoms with Crippen molar-refractivity contribution in [1.29, 1.82) is 0 Å². The van der Waals surface area contributed by atoms with E-state index in [4.69, 9.17) is 14.2 Å². The van der Waals surface area contributed by atoms with Crippen LogP contribution >= 0.6 is 0 Å². The van der Waals surface area contributed by atoms with Gasteiger partial charge in [0.2, 0.25) is 5.91 Å². The van der Waals surface area contributed by atoms with Crippen LogP contribution in [0.3, 0.4) is 0 Å². The molecule has 0 saturated carbocycles. The highest BCUT2D eigenvalue weighted by atomic mass is 16.5. The van der Waals surface area contributed by atoms with Gasteiger partial charge in [-0.15, -0.1) is 0 Å². The number of methoxy groups -OCH3 is 2. The molecule has 1 N–H and O–H groups in total. The van der Waals surface area contributed by atoms with Gasteiger partial charge in [-0.1, -0.05) is 6.07 Å². The average Bonchev–Trinajstić information content (AvgIpc) is 3.17. The zero-order valence-electron chi connectivity index (χ0n) is 18.7. The fourth-order valence-corrected chi connectivity index (χ4v) is 3.36. The summed E-state index contributed by atoms with van der Waals surface area (Å²) in [6, 6.07) is 4.93. The minimum Gasteiger partial charge on any atom is -0.493 e. The normalized spacial score (nSPS) is 12.0. The van der Waals surface area contributed by atoms with E-state index in [9.17, 15) is 14.4 Å². The van der Waals surface area contributed by atoms with Crippen LogP contribution in [0.25, 0.3) is 11.2 Å². The molecule has 11 heteroatoms. The van der Waals surface area contributed by atoms with E-state index < -0.39 is 29.7 Å². The van der Waals surface area contributed by atoms with Crippen molar-refractivity contribution < 1.29 is 19.0 Å². The van der Waals surface area contributed by atoms with Crippen LogP contribution in [0, 0.1) is 0 Å². The number of carbonyl (C=O) groups is 1. The van der Waals surface area contributed by atoms with Crippen LogP contribution in [-0.2, 0) is 30.2 Å². The summed E-state index contributed by atoms with van der Waals surface area (Å²) in [4.78, 5) is 42.1. The summed E-state index contributed by atoms with van der Waals surface area (Å²) in [5.41, 5.74) is 0.124. The van der Waals surface area contributed by atoms with E-state index >= 15 is 0 Å². The molecular weight excluding hydrogens is 418 g/mol. The summed E-state index contributed by atoms with van der Waals surface area (Å²) in [6.45, 7) is 2.21. The van der Waals surface area contributed by atoms with Crippen molar-refractivity contribution in [3.05, 3.63) is 50.9 Å². The largest absolute Gasteiger partial charge is 0.493 e. The molecule has 0 aliphatic carbocycles. The number of carbonyl (C=O) groups excluding carboxylic acids is 1. The minimum absolute atomic E-state index is 0.252. The topological polar surface area (TPSA) is 119 Å². The van der Waals surface area contributed by atoms with Crippen LogP contribution in [0.4, 0.5) is 0 Å². The number of imidazole rings is 1. The lowest BCUT2D eigenvalue weighted by molar-refractivity contribution is -0.122. The molecule has 0 radical (unpaired) electrons. The first kappa shape index (κ1) is 23.1. The van der Waals surface area contributed by atoms with Crippen LogP contribution in [0.1, 0.15) is 18.5 Å². The summed E-state index contributed by atoms with van der Waals surface area (Å²) >= 11 is 0. The summed E-state index contributed by atoms with van der Waals surface area (Å²) in [7, 11) is 6.29. The van der Waals surface area contributed by atoms with E-state index in [0.29, 0.717) is 24.7 Å². The molecule has 172 valence electrons. The molecule has 0 saturated heterocycles. The second kappa shape index (κ2) is 9.69. The number of hydrogen-bond donors (Lipinski definition) is 1. The number of aromatic nitrogens is 4. The molecule has 1 unspecified atom stereocenters. The molecule has 11 nitrogen and oxygen atoms in total. The highest BCUT2D eigenvalue weighted by Gasteiger charge is 2.19. The molecule has 0 aliphatic heterocycles. The van der Waals surface area contributed by atoms with Crippen molar-refractivity contribution in [2.45, 2.75) is 19.5 Å². The Morgan fingerprint density at radius 1 is 1.16 bits per heavy atom. The molecule has 2 aromatic heterocycles. The number of benzene rings is 1. The van der Waals surface area contributed by atoms with E-state index in [-0.39, 0.29) is 11.2 Å². The van der Waals surface area contributed by atoms with E-state index in [1.54, 1.807) is 33.2 Å². The maximum absolute atomic E-state index is 12.8. The van der Waals surface area contributed by atoms with Crippen molar-refractivity contribution in [2.75, 3.05) is 27.4 Å².